The van der Waals surface area contributed by atoms with Crippen LogP contribution in [0.25, 0.3) is 0 Å². The highest BCUT2D eigenvalue weighted by atomic mass is 16.5. The van der Waals surface area contributed by atoms with E-state index in [-0.39, 0.29) is 5.91 Å². The second-order valence-corrected chi connectivity index (χ2v) is 6.15. The Morgan fingerprint density at radius 2 is 1.79 bits per heavy atom. The first kappa shape index (κ1) is 19.2. The minimum absolute atomic E-state index is 0.243. The molecule has 144 valence electrons. The first-order valence-corrected chi connectivity index (χ1v) is 8.99. The number of nitrogens with one attached hydrogen (secondary N) is 2. The molecule has 0 bridgehead atoms. The Bertz CT molecular complexity index is 926. The number of rotatable bonds is 8. The molecule has 3 aromatic rings. The number of anilines is 2. The lowest BCUT2D eigenvalue weighted by Gasteiger charge is -2.11. The number of amides is 1. The summed E-state index contributed by atoms with van der Waals surface area (Å²) in [5, 5.41) is 6.13. The highest BCUT2D eigenvalue weighted by molar-refractivity contribution is 6.03. The standard InChI is InChI=1S/C22H23N3O3/c1-16-5-3-4-6-20(16)25-22(26)21-15-17(11-12-24-21)23-13-14-28-19-9-7-18(27-2)8-10-19/h3-12,15H,13-14H2,1-2H3,(H,23,24)(H,25,26). The third-order valence-corrected chi connectivity index (χ3v) is 4.15. The summed E-state index contributed by atoms with van der Waals surface area (Å²) in [6.45, 7) is 3.03. The van der Waals surface area contributed by atoms with Crippen LogP contribution in [-0.2, 0) is 0 Å². The number of hydrogen-bond donors (Lipinski definition) is 2. The number of hydrogen-bond acceptors (Lipinski definition) is 5. The average molecular weight is 377 g/mol. The van der Waals surface area contributed by atoms with Crippen molar-refractivity contribution in [1.29, 1.82) is 0 Å². The first-order chi connectivity index (χ1) is 13.7. The van der Waals surface area contributed by atoms with Gasteiger partial charge in [0.05, 0.1) is 7.11 Å². The maximum Gasteiger partial charge on any atom is 0.274 e. The van der Waals surface area contributed by atoms with E-state index < -0.39 is 0 Å². The van der Waals surface area contributed by atoms with E-state index >= 15 is 0 Å². The van der Waals surface area contributed by atoms with Gasteiger partial charge in [0.15, 0.2) is 0 Å². The van der Waals surface area contributed by atoms with Crippen LogP contribution in [0.5, 0.6) is 11.5 Å². The molecular formula is C22H23N3O3. The van der Waals surface area contributed by atoms with Crippen molar-refractivity contribution in [2.75, 3.05) is 30.9 Å². The lowest BCUT2D eigenvalue weighted by atomic mass is 10.2. The van der Waals surface area contributed by atoms with Crippen LogP contribution in [0, 0.1) is 6.92 Å². The fourth-order valence-electron chi connectivity index (χ4n) is 2.60. The Hall–Kier alpha value is -3.54. The highest BCUT2D eigenvalue weighted by Crippen LogP contribution is 2.17. The minimum atomic E-state index is -0.243. The van der Waals surface area contributed by atoms with Crippen LogP contribution in [-0.4, -0.2) is 31.2 Å². The average Bonchev–Trinajstić information content (AvgIpc) is 2.73. The van der Waals surface area contributed by atoms with Gasteiger partial charge in [0, 0.05) is 24.1 Å². The smallest absolute Gasteiger partial charge is 0.274 e. The molecule has 0 radical (unpaired) electrons. The fourth-order valence-corrected chi connectivity index (χ4v) is 2.60. The van der Waals surface area contributed by atoms with Crippen molar-refractivity contribution in [2.24, 2.45) is 0 Å². The van der Waals surface area contributed by atoms with E-state index in [2.05, 4.69) is 15.6 Å². The van der Waals surface area contributed by atoms with Crippen molar-refractivity contribution < 1.29 is 14.3 Å². The number of nitrogens with zero attached hydrogens (tertiary/aromatic N) is 1. The summed E-state index contributed by atoms with van der Waals surface area (Å²) in [6, 6.07) is 18.6. The molecule has 3 rings (SSSR count). The van der Waals surface area contributed by atoms with Crippen LogP contribution in [0.3, 0.4) is 0 Å². The number of para-hydroxylation sites is 1. The number of aryl methyl sites for hydroxylation is 1. The number of benzene rings is 2. The Labute approximate surface area is 164 Å². The van der Waals surface area contributed by atoms with Gasteiger partial charge >= 0.3 is 0 Å². The molecule has 0 aliphatic carbocycles. The quantitative estimate of drug-likeness (QED) is 0.577. The molecule has 0 spiro atoms. The van der Waals surface area contributed by atoms with Crippen molar-refractivity contribution in [3.05, 3.63) is 78.1 Å². The minimum Gasteiger partial charge on any atom is -0.497 e. The predicted octanol–water partition coefficient (Wildman–Crippen LogP) is 4.14. The summed E-state index contributed by atoms with van der Waals surface area (Å²) < 4.78 is 10.8. The van der Waals surface area contributed by atoms with Gasteiger partial charge in [-0.05, 0) is 55.0 Å². The monoisotopic (exact) mass is 377 g/mol. The largest absolute Gasteiger partial charge is 0.497 e. The van der Waals surface area contributed by atoms with E-state index in [0.717, 1.165) is 28.4 Å². The number of methoxy groups -OCH3 is 1. The van der Waals surface area contributed by atoms with Gasteiger partial charge < -0.3 is 20.1 Å². The third-order valence-electron chi connectivity index (χ3n) is 4.15. The summed E-state index contributed by atoms with van der Waals surface area (Å²) >= 11 is 0. The maximum absolute atomic E-state index is 12.4. The van der Waals surface area contributed by atoms with E-state index in [1.165, 1.54) is 0 Å². The van der Waals surface area contributed by atoms with Gasteiger partial charge in [-0.3, -0.25) is 9.78 Å². The second-order valence-electron chi connectivity index (χ2n) is 6.15. The lowest BCUT2D eigenvalue weighted by molar-refractivity contribution is 0.102. The SMILES string of the molecule is COc1ccc(OCCNc2ccnc(C(=O)Nc3ccccc3C)c2)cc1. The zero-order valence-corrected chi connectivity index (χ0v) is 15.9. The molecule has 0 atom stereocenters. The van der Waals surface area contributed by atoms with E-state index in [1.807, 2.05) is 61.5 Å². The summed E-state index contributed by atoms with van der Waals surface area (Å²) in [5.74, 6) is 1.32. The molecular weight excluding hydrogens is 354 g/mol. The number of aromatic nitrogens is 1. The molecule has 6 nitrogen and oxygen atoms in total. The molecule has 28 heavy (non-hydrogen) atoms. The van der Waals surface area contributed by atoms with Gasteiger partial charge in [-0.1, -0.05) is 18.2 Å². The molecule has 6 heteroatoms. The van der Waals surface area contributed by atoms with Gasteiger partial charge in [-0.15, -0.1) is 0 Å². The Balaban J connectivity index is 1.51. The maximum atomic E-state index is 12.4. The molecule has 0 fully saturated rings. The first-order valence-electron chi connectivity index (χ1n) is 8.99. The van der Waals surface area contributed by atoms with Crippen LogP contribution in [0.4, 0.5) is 11.4 Å². The van der Waals surface area contributed by atoms with Crippen LogP contribution in [0.2, 0.25) is 0 Å². The molecule has 0 unspecified atom stereocenters. The van der Waals surface area contributed by atoms with Crippen LogP contribution < -0.4 is 20.1 Å². The van der Waals surface area contributed by atoms with Gasteiger partial charge in [-0.25, -0.2) is 0 Å². The molecule has 2 N–H and O–H groups in total. The summed E-state index contributed by atoms with van der Waals surface area (Å²) in [5.41, 5.74) is 2.94. The molecule has 1 aromatic heterocycles. The zero-order valence-electron chi connectivity index (χ0n) is 15.9. The van der Waals surface area contributed by atoms with Crippen molar-refractivity contribution in [3.63, 3.8) is 0 Å². The zero-order chi connectivity index (χ0) is 19.8. The Kier molecular flexibility index (Phi) is 6.46. The molecule has 0 saturated heterocycles. The van der Waals surface area contributed by atoms with E-state index in [1.54, 1.807) is 19.4 Å². The van der Waals surface area contributed by atoms with Crippen molar-refractivity contribution in [2.45, 2.75) is 6.92 Å². The normalized spacial score (nSPS) is 10.2. The van der Waals surface area contributed by atoms with Crippen molar-refractivity contribution in [1.82, 2.24) is 4.98 Å². The topological polar surface area (TPSA) is 72.5 Å². The van der Waals surface area contributed by atoms with Gasteiger partial charge in [0.2, 0.25) is 0 Å². The van der Waals surface area contributed by atoms with E-state index in [4.69, 9.17) is 9.47 Å². The highest BCUT2D eigenvalue weighted by Gasteiger charge is 2.09. The van der Waals surface area contributed by atoms with E-state index in [0.29, 0.717) is 18.8 Å². The third kappa shape index (κ3) is 5.23. The van der Waals surface area contributed by atoms with Gasteiger partial charge in [0.1, 0.15) is 23.8 Å². The summed E-state index contributed by atoms with van der Waals surface area (Å²) in [7, 11) is 1.63. The van der Waals surface area contributed by atoms with Crippen LogP contribution in [0.1, 0.15) is 16.1 Å². The Morgan fingerprint density at radius 1 is 1.04 bits per heavy atom. The van der Waals surface area contributed by atoms with Crippen molar-refractivity contribution in [3.8, 4) is 11.5 Å². The lowest BCUT2D eigenvalue weighted by Crippen LogP contribution is -2.16. The summed E-state index contributed by atoms with van der Waals surface area (Å²) in [4.78, 5) is 16.6. The van der Waals surface area contributed by atoms with Crippen LogP contribution >= 0.6 is 0 Å². The number of carbonyl (C=O) groups is 1. The number of ether oxygens (including phenoxy) is 2. The molecule has 1 amide bonds. The molecule has 1 heterocycles. The van der Waals surface area contributed by atoms with Crippen molar-refractivity contribution >= 4 is 17.3 Å². The number of pyridine rings is 1. The Morgan fingerprint density at radius 3 is 2.54 bits per heavy atom. The van der Waals surface area contributed by atoms with Gasteiger partial charge in [0.25, 0.3) is 5.91 Å². The van der Waals surface area contributed by atoms with E-state index in [9.17, 15) is 4.79 Å². The second kappa shape index (κ2) is 9.41. The van der Waals surface area contributed by atoms with Crippen LogP contribution in [0.15, 0.2) is 66.9 Å². The predicted molar refractivity (Wildman–Crippen MR) is 110 cm³/mol. The molecule has 0 saturated carbocycles. The van der Waals surface area contributed by atoms with Gasteiger partial charge in [-0.2, -0.15) is 0 Å². The number of carbonyl (C=O) groups excluding carboxylic acids is 1. The summed E-state index contributed by atoms with van der Waals surface area (Å²) in [6.07, 6.45) is 1.61. The molecule has 0 aliphatic rings. The molecule has 0 aliphatic heterocycles. The molecule has 2 aromatic carbocycles. The fraction of sp³-hybridized carbons (Fsp3) is 0.182.